The number of hydrogen-bond donors (Lipinski definition) is 0. The van der Waals surface area contributed by atoms with E-state index in [1.807, 2.05) is 24.3 Å². The predicted octanol–water partition coefficient (Wildman–Crippen LogP) is 1.27. The van der Waals surface area contributed by atoms with Gasteiger partial charge in [-0.2, -0.15) is 0 Å². The minimum Gasteiger partial charge on any atom is 0.0396 e. The highest BCUT2D eigenvalue weighted by Crippen LogP contribution is 1.84. The molecule has 0 unspecified atom stereocenters. The third-order valence-electron chi connectivity index (χ3n) is 0.552. The van der Waals surface area contributed by atoms with Crippen molar-refractivity contribution in [3.8, 4) is 0 Å². The van der Waals surface area contributed by atoms with E-state index >= 15 is 0 Å². The van der Waals surface area contributed by atoms with Gasteiger partial charge in [-0.3, -0.25) is 0 Å². The van der Waals surface area contributed by atoms with Crippen molar-refractivity contribution >= 4 is 0 Å². The predicted molar refractivity (Wildman–Crippen MR) is 24.8 cm³/mol. The molecule has 1 rings (SSSR count). The fraction of sp³-hybridized carbons (Fsp3) is 0. The molecule has 0 aromatic rings. The van der Waals surface area contributed by atoms with Crippen LogP contribution in [0.1, 0.15) is 0 Å². The molecule has 0 aromatic carbocycles. The van der Waals surface area contributed by atoms with Crippen LogP contribution in [0.2, 0.25) is 0 Å². The molecule has 27 valence electrons. The quantitative estimate of drug-likeness (QED) is 0.381. The zero-order valence-corrected chi connectivity index (χ0v) is 3.31. The molecule has 0 fully saturated rings. The van der Waals surface area contributed by atoms with Crippen LogP contribution in [0.3, 0.4) is 0 Å². The van der Waals surface area contributed by atoms with Gasteiger partial charge < -0.3 is 0 Å². The lowest BCUT2D eigenvalue weighted by Crippen LogP contribution is -1.58. The smallest absolute Gasteiger partial charge is 0.0396 e. The van der Waals surface area contributed by atoms with E-state index in [1.54, 1.807) is 0 Å². The molecule has 0 heteroatoms. The van der Waals surface area contributed by atoms with Crippen LogP contribution in [0, 0.1) is 12.2 Å². The molecule has 0 heterocycles. The summed E-state index contributed by atoms with van der Waals surface area (Å²) >= 11 is 0. The normalized spacial score (nSPS) is 14.7. The van der Waals surface area contributed by atoms with Gasteiger partial charge in [0.15, 0.2) is 0 Å². The van der Waals surface area contributed by atoms with Crippen molar-refractivity contribution < 1.29 is 0 Å². The summed E-state index contributed by atoms with van der Waals surface area (Å²) in [5, 5.41) is 0. The van der Waals surface area contributed by atoms with E-state index in [9.17, 15) is 0 Å². The summed E-state index contributed by atoms with van der Waals surface area (Å²) in [6, 6.07) is 0. The SMILES string of the molecule is [C]1=CC=[C+]C=C1. The fourth-order valence-electron chi connectivity index (χ4n) is 0.304. The lowest BCUT2D eigenvalue weighted by Gasteiger charge is -1.63. The molecule has 0 N–H and O–H groups in total. The molecule has 0 aromatic heterocycles. The van der Waals surface area contributed by atoms with Crippen LogP contribution in [0.15, 0.2) is 24.3 Å². The van der Waals surface area contributed by atoms with Gasteiger partial charge in [0.2, 0.25) is 0 Å². The maximum atomic E-state index is 2.86. The minimum atomic E-state index is 1.82. The molecular weight excluding hydrogens is 72.1 g/mol. The highest BCUT2D eigenvalue weighted by Gasteiger charge is 1.79. The van der Waals surface area contributed by atoms with Gasteiger partial charge in [0.25, 0.3) is 0 Å². The van der Waals surface area contributed by atoms with Gasteiger partial charge in [-0.15, -0.1) is 0 Å². The summed E-state index contributed by atoms with van der Waals surface area (Å²) in [5.41, 5.74) is 0. The molecule has 0 saturated heterocycles. The van der Waals surface area contributed by atoms with Crippen LogP contribution >= 0.6 is 0 Å². The summed E-state index contributed by atoms with van der Waals surface area (Å²) in [7, 11) is 0. The highest BCUT2D eigenvalue weighted by molar-refractivity contribution is 5.14. The first-order valence-corrected chi connectivity index (χ1v) is 1.82. The second-order valence-corrected chi connectivity index (χ2v) is 1.00. The Kier molecular flexibility index (Phi) is 0.852. The van der Waals surface area contributed by atoms with Crippen molar-refractivity contribution in [3.05, 3.63) is 36.5 Å². The molecule has 1 radical (unpaired) electrons. The van der Waals surface area contributed by atoms with E-state index in [0.29, 0.717) is 0 Å². The fourth-order valence-corrected chi connectivity index (χ4v) is 0.304. The van der Waals surface area contributed by atoms with E-state index in [4.69, 9.17) is 0 Å². The highest BCUT2D eigenvalue weighted by atomic mass is 13.7. The first kappa shape index (κ1) is 3.32. The third-order valence-corrected chi connectivity index (χ3v) is 0.552. The molecule has 0 saturated carbocycles. The molecule has 1 aliphatic carbocycles. The van der Waals surface area contributed by atoms with Crippen molar-refractivity contribution in [1.29, 1.82) is 0 Å². The third kappa shape index (κ3) is 0.540. The van der Waals surface area contributed by atoms with Crippen LogP contribution in [0.5, 0.6) is 0 Å². The van der Waals surface area contributed by atoms with Crippen LogP contribution in [0.4, 0.5) is 0 Å². The topological polar surface area (TPSA) is 0 Å². The second kappa shape index (κ2) is 1.54. The Bertz CT molecular complexity index is 69.4. The van der Waals surface area contributed by atoms with Gasteiger partial charge in [-0.1, -0.05) is 0 Å². The van der Waals surface area contributed by atoms with Crippen molar-refractivity contribution in [2.24, 2.45) is 0 Å². The Morgan fingerprint density at radius 1 is 1.50 bits per heavy atom. The van der Waals surface area contributed by atoms with Gasteiger partial charge in [0, 0.05) is 6.08 Å². The van der Waals surface area contributed by atoms with Crippen molar-refractivity contribution in [3.63, 3.8) is 0 Å². The first-order valence-electron chi connectivity index (χ1n) is 1.82. The number of rotatable bonds is 0. The lowest BCUT2D eigenvalue weighted by atomic mass is 10.3. The maximum Gasteiger partial charge on any atom is 0.119 e. The Morgan fingerprint density at radius 3 is 2.67 bits per heavy atom. The molecule has 0 amide bonds. The molecule has 6 heavy (non-hydrogen) atoms. The molecule has 1 aliphatic rings. The van der Waals surface area contributed by atoms with Gasteiger partial charge >= 0.3 is 0 Å². The average molecular weight is 76.1 g/mol. The van der Waals surface area contributed by atoms with E-state index in [-0.39, 0.29) is 0 Å². The van der Waals surface area contributed by atoms with Gasteiger partial charge in [0.05, 0.1) is 12.2 Å². The van der Waals surface area contributed by atoms with Crippen LogP contribution in [-0.2, 0) is 0 Å². The number of hydrogen-bond acceptors (Lipinski definition) is 0. The Hall–Kier alpha value is -0.870. The summed E-state index contributed by atoms with van der Waals surface area (Å²) < 4.78 is 0. The standard InChI is InChI=1S/C6H4/c1-2-4-6-5-3-1/h1-2,5-6H/q+1. The number of allylic oxidation sites excluding steroid dienone is 6. The van der Waals surface area contributed by atoms with Crippen LogP contribution in [0.25, 0.3) is 0 Å². The Morgan fingerprint density at radius 2 is 2.50 bits per heavy atom. The molecule has 0 bridgehead atoms. The monoisotopic (exact) mass is 76.0 g/mol. The molecule has 0 spiro atoms. The van der Waals surface area contributed by atoms with Gasteiger partial charge in [-0.25, -0.2) is 0 Å². The summed E-state index contributed by atoms with van der Waals surface area (Å²) in [4.78, 5) is 0. The van der Waals surface area contributed by atoms with E-state index in [1.165, 1.54) is 0 Å². The Labute approximate surface area is 37.5 Å². The van der Waals surface area contributed by atoms with Crippen LogP contribution in [-0.4, -0.2) is 0 Å². The summed E-state index contributed by atoms with van der Waals surface area (Å²) in [6.07, 6.45) is 13.0. The zero-order chi connectivity index (χ0) is 4.24. The average Bonchev–Trinajstić information content (AvgIpc) is 1.72. The van der Waals surface area contributed by atoms with Crippen LogP contribution < -0.4 is 0 Å². The van der Waals surface area contributed by atoms with E-state index < -0.39 is 0 Å². The molecule has 0 atom stereocenters. The van der Waals surface area contributed by atoms with E-state index in [0.717, 1.165) is 0 Å². The molecule has 0 nitrogen and oxygen atoms in total. The zero-order valence-electron chi connectivity index (χ0n) is 3.31. The minimum absolute atomic E-state index is 1.82. The first-order chi connectivity index (χ1) is 3.00. The maximum absolute atomic E-state index is 2.86. The summed E-state index contributed by atoms with van der Waals surface area (Å²) in [6.45, 7) is 0. The van der Waals surface area contributed by atoms with E-state index in [2.05, 4.69) is 12.2 Å². The van der Waals surface area contributed by atoms with Crippen molar-refractivity contribution in [2.75, 3.05) is 0 Å². The summed E-state index contributed by atoms with van der Waals surface area (Å²) in [5.74, 6) is 0. The molecular formula is C6H4+. The Balaban J connectivity index is 2.77. The second-order valence-electron chi connectivity index (χ2n) is 1.00. The van der Waals surface area contributed by atoms with Gasteiger partial charge in [0.1, 0.15) is 18.2 Å². The molecule has 0 aliphatic heterocycles. The lowest BCUT2D eigenvalue weighted by molar-refractivity contribution is 1.71. The van der Waals surface area contributed by atoms with Crippen molar-refractivity contribution in [2.45, 2.75) is 0 Å². The van der Waals surface area contributed by atoms with Gasteiger partial charge in [-0.05, 0) is 0 Å². The van der Waals surface area contributed by atoms with Crippen molar-refractivity contribution in [1.82, 2.24) is 0 Å². The largest absolute Gasteiger partial charge is 0.119 e.